The Balaban J connectivity index is 1.83. The number of hydrogen-bond donors (Lipinski definition) is 1. The standard InChI is InChI=1S/C19H23F3N4O3S/c1-25-12-16(17(24-25)19(20,21)22)18(27)23-13-7-6-10-15(11-13)30(28,29)26(2)14-8-4-3-5-9-14/h6-7,10-12,14H,3-5,8-9H2,1-2H3,(H,23,27). The van der Waals surface area contributed by atoms with E-state index >= 15 is 0 Å². The number of alkyl halides is 3. The van der Waals surface area contributed by atoms with Gasteiger partial charge >= 0.3 is 6.18 Å². The van der Waals surface area contributed by atoms with Gasteiger partial charge in [0.15, 0.2) is 5.69 Å². The van der Waals surface area contributed by atoms with Gasteiger partial charge in [-0.05, 0) is 31.0 Å². The number of hydrogen-bond acceptors (Lipinski definition) is 4. The van der Waals surface area contributed by atoms with E-state index in [2.05, 4.69) is 10.4 Å². The summed E-state index contributed by atoms with van der Waals surface area (Å²) in [7, 11) is -0.996. The predicted octanol–water partition coefficient (Wildman–Crippen LogP) is 3.64. The van der Waals surface area contributed by atoms with Crippen molar-refractivity contribution in [3.05, 3.63) is 41.7 Å². The molecule has 1 fully saturated rings. The summed E-state index contributed by atoms with van der Waals surface area (Å²) in [5.41, 5.74) is -1.86. The zero-order valence-electron chi connectivity index (χ0n) is 16.6. The maximum absolute atomic E-state index is 13.1. The first kappa shape index (κ1) is 22.3. The molecular weight excluding hydrogens is 421 g/mol. The maximum Gasteiger partial charge on any atom is 0.435 e. The number of sulfonamides is 1. The van der Waals surface area contributed by atoms with E-state index in [1.165, 1.54) is 42.7 Å². The molecule has 0 radical (unpaired) electrons. The van der Waals surface area contributed by atoms with E-state index in [0.29, 0.717) is 0 Å². The van der Waals surface area contributed by atoms with Crippen molar-refractivity contribution in [2.24, 2.45) is 7.05 Å². The van der Waals surface area contributed by atoms with E-state index in [-0.39, 0.29) is 16.6 Å². The molecule has 0 bridgehead atoms. The van der Waals surface area contributed by atoms with Crippen LogP contribution in [0.5, 0.6) is 0 Å². The Morgan fingerprint density at radius 1 is 1.23 bits per heavy atom. The highest BCUT2D eigenvalue weighted by Crippen LogP contribution is 2.31. The van der Waals surface area contributed by atoms with Crippen LogP contribution in [-0.2, 0) is 23.2 Å². The molecule has 7 nitrogen and oxygen atoms in total. The van der Waals surface area contributed by atoms with Gasteiger partial charge in [0.25, 0.3) is 5.91 Å². The molecule has 1 aliphatic rings. The highest BCUT2D eigenvalue weighted by molar-refractivity contribution is 7.89. The van der Waals surface area contributed by atoms with Crippen LogP contribution in [0, 0.1) is 0 Å². The Morgan fingerprint density at radius 2 is 1.90 bits per heavy atom. The van der Waals surface area contributed by atoms with Crippen LogP contribution < -0.4 is 5.32 Å². The van der Waals surface area contributed by atoms with Gasteiger partial charge in [0, 0.05) is 32.0 Å². The summed E-state index contributed by atoms with van der Waals surface area (Å²) in [5, 5.41) is 5.64. The first-order valence-electron chi connectivity index (χ1n) is 9.50. The van der Waals surface area contributed by atoms with Crippen molar-refractivity contribution in [1.82, 2.24) is 14.1 Å². The number of nitrogens with one attached hydrogen (secondary N) is 1. The summed E-state index contributed by atoms with van der Waals surface area (Å²) in [5.74, 6) is -1.02. The van der Waals surface area contributed by atoms with Crippen LogP contribution in [0.25, 0.3) is 0 Å². The third-order valence-electron chi connectivity index (χ3n) is 5.20. The first-order chi connectivity index (χ1) is 14.0. The average molecular weight is 444 g/mol. The number of amides is 1. The number of aryl methyl sites for hydroxylation is 1. The SMILES string of the molecule is CN(C1CCCCC1)S(=O)(=O)c1cccc(NC(=O)c2cn(C)nc2C(F)(F)F)c1. The number of carbonyl (C=O) groups is 1. The third kappa shape index (κ3) is 4.67. The highest BCUT2D eigenvalue weighted by atomic mass is 32.2. The van der Waals surface area contributed by atoms with Crippen molar-refractivity contribution >= 4 is 21.6 Å². The zero-order chi connectivity index (χ0) is 22.1. The lowest BCUT2D eigenvalue weighted by Crippen LogP contribution is -2.38. The van der Waals surface area contributed by atoms with Crippen LogP contribution in [0.3, 0.4) is 0 Å². The minimum absolute atomic E-state index is 0.0318. The summed E-state index contributed by atoms with van der Waals surface area (Å²) >= 11 is 0. The lowest BCUT2D eigenvalue weighted by atomic mass is 9.96. The Bertz CT molecular complexity index is 1030. The van der Waals surface area contributed by atoms with E-state index in [9.17, 15) is 26.4 Å². The fraction of sp³-hybridized carbons (Fsp3) is 0.474. The molecule has 11 heteroatoms. The van der Waals surface area contributed by atoms with Gasteiger partial charge in [-0.25, -0.2) is 8.42 Å². The van der Waals surface area contributed by atoms with Crippen molar-refractivity contribution in [2.75, 3.05) is 12.4 Å². The van der Waals surface area contributed by atoms with Crippen molar-refractivity contribution < 1.29 is 26.4 Å². The second-order valence-electron chi connectivity index (χ2n) is 7.36. The van der Waals surface area contributed by atoms with E-state index in [1.807, 2.05) is 0 Å². The highest BCUT2D eigenvalue weighted by Gasteiger charge is 2.39. The summed E-state index contributed by atoms with van der Waals surface area (Å²) in [6.07, 6.45) is 0.763. The Hall–Kier alpha value is -2.40. The summed E-state index contributed by atoms with van der Waals surface area (Å²) in [6.45, 7) is 0. The molecule has 0 aliphatic heterocycles. The molecule has 1 saturated carbocycles. The number of nitrogens with zero attached hydrogens (tertiary/aromatic N) is 3. The molecule has 30 heavy (non-hydrogen) atoms. The average Bonchev–Trinajstić information content (AvgIpc) is 3.11. The van der Waals surface area contributed by atoms with Crippen LogP contribution in [0.4, 0.5) is 18.9 Å². The summed E-state index contributed by atoms with van der Waals surface area (Å²) in [6, 6.07) is 5.41. The van der Waals surface area contributed by atoms with Crippen molar-refractivity contribution in [1.29, 1.82) is 0 Å². The Labute approximate surface area is 172 Å². The number of anilines is 1. The fourth-order valence-electron chi connectivity index (χ4n) is 3.60. The van der Waals surface area contributed by atoms with E-state index in [1.54, 1.807) is 0 Å². The number of aromatic nitrogens is 2. The number of halogens is 3. The predicted molar refractivity (Wildman–Crippen MR) is 104 cm³/mol. The molecule has 164 valence electrons. The van der Waals surface area contributed by atoms with Gasteiger partial charge in [-0.3, -0.25) is 9.48 Å². The molecule has 1 aliphatic carbocycles. The summed E-state index contributed by atoms with van der Waals surface area (Å²) < 4.78 is 67.5. The van der Waals surface area contributed by atoms with Crippen LogP contribution in [-0.4, -0.2) is 41.5 Å². The normalized spacial score (nSPS) is 16.1. The van der Waals surface area contributed by atoms with Crippen molar-refractivity contribution in [2.45, 2.75) is 49.2 Å². The van der Waals surface area contributed by atoms with Gasteiger partial charge in [0.05, 0.1) is 10.5 Å². The van der Waals surface area contributed by atoms with Crippen LogP contribution in [0.1, 0.15) is 48.2 Å². The first-order valence-corrected chi connectivity index (χ1v) is 10.9. The third-order valence-corrected chi connectivity index (χ3v) is 7.11. The van der Waals surface area contributed by atoms with Crippen molar-refractivity contribution in [3.8, 4) is 0 Å². The molecule has 1 N–H and O–H groups in total. The van der Waals surface area contributed by atoms with Gasteiger partial charge < -0.3 is 5.32 Å². The van der Waals surface area contributed by atoms with Crippen LogP contribution >= 0.6 is 0 Å². The van der Waals surface area contributed by atoms with Gasteiger partial charge in [-0.15, -0.1) is 0 Å². The molecule has 0 spiro atoms. The number of carbonyl (C=O) groups excluding carboxylic acids is 1. The molecule has 2 aromatic rings. The van der Waals surface area contributed by atoms with Crippen LogP contribution in [0.15, 0.2) is 35.4 Å². The van der Waals surface area contributed by atoms with Crippen LogP contribution in [0.2, 0.25) is 0 Å². The van der Waals surface area contributed by atoms with Gasteiger partial charge in [0.1, 0.15) is 0 Å². The topological polar surface area (TPSA) is 84.3 Å². The van der Waals surface area contributed by atoms with E-state index in [4.69, 9.17) is 0 Å². The van der Waals surface area contributed by atoms with E-state index in [0.717, 1.165) is 43.0 Å². The van der Waals surface area contributed by atoms with E-state index < -0.39 is 33.4 Å². The second-order valence-corrected chi connectivity index (χ2v) is 9.36. The molecule has 1 aromatic carbocycles. The summed E-state index contributed by atoms with van der Waals surface area (Å²) in [4.78, 5) is 12.4. The zero-order valence-corrected chi connectivity index (χ0v) is 17.4. The monoisotopic (exact) mass is 444 g/mol. The molecule has 1 aromatic heterocycles. The maximum atomic E-state index is 13.1. The Kier molecular flexibility index (Phi) is 6.23. The smallest absolute Gasteiger partial charge is 0.322 e. The van der Waals surface area contributed by atoms with Gasteiger partial charge in [0.2, 0.25) is 10.0 Å². The minimum Gasteiger partial charge on any atom is -0.322 e. The lowest BCUT2D eigenvalue weighted by molar-refractivity contribution is -0.141. The lowest BCUT2D eigenvalue weighted by Gasteiger charge is -2.30. The van der Waals surface area contributed by atoms with Crippen molar-refractivity contribution in [3.63, 3.8) is 0 Å². The number of benzene rings is 1. The second kappa shape index (κ2) is 8.38. The molecular formula is C19H23F3N4O3S. The molecule has 0 unspecified atom stereocenters. The number of rotatable bonds is 5. The molecule has 1 heterocycles. The Morgan fingerprint density at radius 3 is 2.53 bits per heavy atom. The quantitative estimate of drug-likeness (QED) is 0.763. The minimum atomic E-state index is -4.79. The largest absolute Gasteiger partial charge is 0.435 e. The molecule has 0 atom stereocenters. The molecule has 0 saturated heterocycles. The molecule has 3 rings (SSSR count). The molecule has 1 amide bonds. The van der Waals surface area contributed by atoms with Gasteiger partial charge in [-0.1, -0.05) is 25.3 Å². The van der Waals surface area contributed by atoms with Gasteiger partial charge in [-0.2, -0.15) is 22.6 Å². The fourth-order valence-corrected chi connectivity index (χ4v) is 5.07.